The molecule has 4 aliphatic rings. The first-order valence-corrected chi connectivity index (χ1v) is 11.5. The minimum Gasteiger partial charge on any atom is -0.355 e. The summed E-state index contributed by atoms with van der Waals surface area (Å²) in [4.78, 5) is 32.5. The van der Waals surface area contributed by atoms with E-state index in [9.17, 15) is 9.59 Å². The Hall–Kier alpha value is -2.37. The van der Waals surface area contributed by atoms with Crippen molar-refractivity contribution in [2.45, 2.75) is 57.8 Å². The highest BCUT2D eigenvalue weighted by atomic mass is 16.2. The largest absolute Gasteiger partial charge is 0.355 e. The van der Waals surface area contributed by atoms with E-state index < -0.39 is 0 Å². The van der Waals surface area contributed by atoms with Crippen LogP contribution in [0, 0.1) is 23.2 Å². The number of H-pyrrole nitrogens is 1. The average molecular weight is 409 g/mol. The average Bonchev–Trinajstić information content (AvgIpc) is 3.11. The summed E-state index contributed by atoms with van der Waals surface area (Å²) in [5.41, 5.74) is 2.23. The van der Waals surface area contributed by atoms with Gasteiger partial charge in [0.15, 0.2) is 0 Å². The molecule has 6 rings (SSSR count). The van der Waals surface area contributed by atoms with Crippen LogP contribution in [-0.2, 0) is 16.0 Å². The Kier molecular flexibility index (Phi) is 5.25. The van der Waals surface area contributed by atoms with Gasteiger partial charge in [-0.15, -0.1) is 0 Å². The fourth-order valence-corrected chi connectivity index (χ4v) is 6.76. The molecule has 0 spiro atoms. The number of nitrogens with zero attached hydrogens (tertiary/aromatic N) is 1. The van der Waals surface area contributed by atoms with Gasteiger partial charge in [-0.1, -0.05) is 12.1 Å². The summed E-state index contributed by atoms with van der Waals surface area (Å²) in [6.07, 6.45) is 10.0. The Morgan fingerprint density at radius 3 is 2.40 bits per heavy atom. The molecule has 4 bridgehead atoms. The highest BCUT2D eigenvalue weighted by molar-refractivity contribution is 5.85. The van der Waals surface area contributed by atoms with E-state index in [2.05, 4.69) is 20.6 Å². The molecule has 2 amide bonds. The van der Waals surface area contributed by atoms with Crippen LogP contribution in [0.5, 0.6) is 0 Å². The number of para-hydroxylation sites is 2. The number of imidazole rings is 1. The third-order valence-corrected chi connectivity index (χ3v) is 7.50. The Balaban J connectivity index is 1.01. The molecule has 3 N–H and O–H groups in total. The summed E-state index contributed by atoms with van der Waals surface area (Å²) in [6.45, 7) is 0.663. The molecule has 0 saturated heterocycles. The zero-order valence-corrected chi connectivity index (χ0v) is 17.6. The van der Waals surface area contributed by atoms with Crippen LogP contribution in [0.15, 0.2) is 24.3 Å². The van der Waals surface area contributed by atoms with Crippen LogP contribution in [0.25, 0.3) is 11.0 Å². The molecule has 4 fully saturated rings. The number of hydrogen-bond donors (Lipinski definition) is 3. The number of fused-ring (bicyclic) bond motifs is 1. The number of amides is 2. The van der Waals surface area contributed by atoms with Gasteiger partial charge in [0.25, 0.3) is 0 Å². The minimum absolute atomic E-state index is 0.0503. The molecule has 1 aromatic carbocycles. The molecule has 4 aliphatic carbocycles. The first kappa shape index (κ1) is 19.6. The van der Waals surface area contributed by atoms with Crippen molar-refractivity contribution in [1.82, 2.24) is 20.6 Å². The van der Waals surface area contributed by atoms with E-state index in [1.54, 1.807) is 0 Å². The molecule has 0 unspecified atom stereocenters. The summed E-state index contributed by atoms with van der Waals surface area (Å²) in [6, 6.07) is 7.97. The molecule has 1 heterocycles. The Morgan fingerprint density at radius 2 is 1.70 bits per heavy atom. The second-order valence-corrected chi connectivity index (χ2v) is 10.0. The van der Waals surface area contributed by atoms with Gasteiger partial charge < -0.3 is 15.6 Å². The number of hydrogen-bond acceptors (Lipinski definition) is 3. The molecule has 160 valence electrons. The quantitative estimate of drug-likeness (QED) is 0.586. The predicted molar refractivity (Wildman–Crippen MR) is 116 cm³/mol. The lowest BCUT2D eigenvalue weighted by Crippen LogP contribution is -2.48. The molecule has 6 nitrogen and oxygen atoms in total. The Morgan fingerprint density at radius 1 is 1.00 bits per heavy atom. The van der Waals surface area contributed by atoms with Gasteiger partial charge in [-0.05, 0) is 80.2 Å². The third-order valence-electron chi connectivity index (χ3n) is 7.50. The molecule has 4 saturated carbocycles. The van der Waals surface area contributed by atoms with E-state index in [0.29, 0.717) is 13.0 Å². The van der Waals surface area contributed by atoms with Crippen LogP contribution in [0.4, 0.5) is 0 Å². The standard InChI is InChI=1S/C24H32N4O2/c29-22(14-24-11-16-8-17(12-24)10-18(9-16)13-24)26-15-23(30)25-7-3-6-21-27-19-4-1-2-5-20(19)28-21/h1-2,4-5,16-18H,3,6-15H2,(H,25,30)(H,26,29)(H,27,28). The number of rotatable bonds is 8. The highest BCUT2D eigenvalue weighted by Crippen LogP contribution is 2.61. The maximum Gasteiger partial charge on any atom is 0.239 e. The molecule has 6 heteroatoms. The van der Waals surface area contributed by atoms with Gasteiger partial charge in [0.2, 0.25) is 11.8 Å². The lowest BCUT2D eigenvalue weighted by Gasteiger charge is -2.56. The predicted octanol–water partition coefficient (Wildman–Crippen LogP) is 3.33. The van der Waals surface area contributed by atoms with Gasteiger partial charge in [0, 0.05) is 19.4 Å². The number of nitrogens with one attached hydrogen (secondary N) is 3. The molecular weight excluding hydrogens is 376 g/mol. The molecule has 0 atom stereocenters. The monoisotopic (exact) mass is 408 g/mol. The van der Waals surface area contributed by atoms with Crippen molar-refractivity contribution < 1.29 is 9.59 Å². The maximum absolute atomic E-state index is 12.5. The number of aromatic amines is 1. The van der Waals surface area contributed by atoms with Gasteiger partial charge in [-0.3, -0.25) is 9.59 Å². The first-order chi connectivity index (χ1) is 14.6. The fraction of sp³-hybridized carbons (Fsp3) is 0.625. The van der Waals surface area contributed by atoms with E-state index in [1.807, 2.05) is 24.3 Å². The van der Waals surface area contributed by atoms with E-state index in [0.717, 1.165) is 47.5 Å². The summed E-state index contributed by atoms with van der Waals surface area (Å²) in [7, 11) is 0. The molecule has 30 heavy (non-hydrogen) atoms. The Labute approximate surface area is 177 Å². The van der Waals surface area contributed by atoms with Crippen molar-refractivity contribution in [1.29, 1.82) is 0 Å². The lowest BCUT2D eigenvalue weighted by molar-refractivity contribution is -0.131. The summed E-state index contributed by atoms with van der Waals surface area (Å²) in [5, 5.41) is 5.77. The van der Waals surface area contributed by atoms with Crippen molar-refractivity contribution in [3.8, 4) is 0 Å². The number of aromatic nitrogens is 2. The van der Waals surface area contributed by atoms with Crippen LogP contribution in [0.2, 0.25) is 0 Å². The van der Waals surface area contributed by atoms with Crippen molar-refractivity contribution in [3.63, 3.8) is 0 Å². The highest BCUT2D eigenvalue weighted by Gasteiger charge is 2.51. The van der Waals surface area contributed by atoms with Crippen LogP contribution in [0.3, 0.4) is 0 Å². The number of carbonyl (C=O) groups excluding carboxylic acids is 2. The number of aryl methyl sites for hydroxylation is 1. The molecular formula is C24H32N4O2. The van der Waals surface area contributed by atoms with E-state index in [4.69, 9.17) is 0 Å². The Bertz CT molecular complexity index is 866. The zero-order valence-electron chi connectivity index (χ0n) is 17.6. The molecule has 0 aliphatic heterocycles. The summed E-state index contributed by atoms with van der Waals surface area (Å²) in [5.74, 6) is 3.42. The van der Waals surface area contributed by atoms with Crippen molar-refractivity contribution >= 4 is 22.8 Å². The summed E-state index contributed by atoms with van der Waals surface area (Å²) < 4.78 is 0. The van der Waals surface area contributed by atoms with Crippen molar-refractivity contribution in [2.24, 2.45) is 23.2 Å². The van der Waals surface area contributed by atoms with Gasteiger partial charge in [-0.25, -0.2) is 4.98 Å². The third kappa shape index (κ3) is 4.23. The normalized spacial score (nSPS) is 29.3. The van der Waals surface area contributed by atoms with Crippen LogP contribution in [-0.4, -0.2) is 34.9 Å². The summed E-state index contributed by atoms with van der Waals surface area (Å²) >= 11 is 0. The van der Waals surface area contributed by atoms with E-state index >= 15 is 0 Å². The smallest absolute Gasteiger partial charge is 0.239 e. The van der Waals surface area contributed by atoms with Crippen molar-refractivity contribution in [2.75, 3.05) is 13.1 Å². The SMILES string of the molecule is O=C(CNC(=O)CC12CC3CC(CC(C3)C1)C2)NCCCc1nc2ccccc2[nH]1. The van der Waals surface area contributed by atoms with Crippen LogP contribution >= 0.6 is 0 Å². The number of carbonyl (C=O) groups is 2. The van der Waals surface area contributed by atoms with Crippen molar-refractivity contribution in [3.05, 3.63) is 30.1 Å². The molecule has 1 aromatic heterocycles. The second kappa shape index (κ2) is 8.05. The van der Waals surface area contributed by atoms with Crippen LogP contribution < -0.4 is 10.6 Å². The van der Waals surface area contributed by atoms with Gasteiger partial charge in [-0.2, -0.15) is 0 Å². The number of benzene rings is 1. The second-order valence-electron chi connectivity index (χ2n) is 10.0. The van der Waals surface area contributed by atoms with Gasteiger partial charge in [0.1, 0.15) is 5.82 Å². The first-order valence-electron chi connectivity index (χ1n) is 11.5. The fourth-order valence-electron chi connectivity index (χ4n) is 6.76. The molecule has 2 aromatic rings. The topological polar surface area (TPSA) is 86.9 Å². The van der Waals surface area contributed by atoms with E-state index in [1.165, 1.54) is 38.5 Å². The van der Waals surface area contributed by atoms with Gasteiger partial charge >= 0.3 is 0 Å². The maximum atomic E-state index is 12.5. The van der Waals surface area contributed by atoms with Gasteiger partial charge in [0.05, 0.1) is 17.6 Å². The lowest BCUT2D eigenvalue weighted by atomic mass is 9.49. The zero-order chi connectivity index (χ0) is 20.6. The minimum atomic E-state index is -0.113. The van der Waals surface area contributed by atoms with E-state index in [-0.39, 0.29) is 23.8 Å². The van der Waals surface area contributed by atoms with Crippen LogP contribution in [0.1, 0.15) is 57.2 Å². The molecule has 0 radical (unpaired) electrons.